The largest absolute Gasteiger partial charge is 0.481 e. The van der Waals surface area contributed by atoms with Crippen molar-refractivity contribution >= 4 is 17.6 Å². The fourth-order valence-corrected chi connectivity index (χ4v) is 2.73. The van der Waals surface area contributed by atoms with Crippen LogP contribution in [0.1, 0.15) is 38.7 Å². The highest BCUT2D eigenvalue weighted by Crippen LogP contribution is 2.28. The maximum atomic E-state index is 12.5. The second kappa shape index (κ2) is 5.76. The van der Waals surface area contributed by atoms with Crippen molar-refractivity contribution in [1.29, 1.82) is 0 Å². The maximum absolute atomic E-state index is 12.5. The molecule has 5 nitrogen and oxygen atoms in total. The Morgan fingerprint density at radius 2 is 1.86 bits per heavy atom. The van der Waals surface area contributed by atoms with Crippen molar-refractivity contribution in [2.24, 2.45) is 5.92 Å². The van der Waals surface area contributed by atoms with Crippen LogP contribution in [0.3, 0.4) is 0 Å². The lowest BCUT2D eigenvalue weighted by molar-refractivity contribution is -0.141. The molecule has 1 aliphatic rings. The molecule has 0 spiro atoms. The molecule has 0 unspecified atom stereocenters. The van der Waals surface area contributed by atoms with E-state index in [4.69, 9.17) is 10.8 Å². The van der Waals surface area contributed by atoms with Crippen LogP contribution in [0.2, 0.25) is 0 Å². The van der Waals surface area contributed by atoms with Crippen LogP contribution < -0.4 is 11.1 Å². The van der Waals surface area contributed by atoms with E-state index >= 15 is 0 Å². The molecule has 21 heavy (non-hydrogen) atoms. The van der Waals surface area contributed by atoms with Gasteiger partial charge >= 0.3 is 5.97 Å². The van der Waals surface area contributed by atoms with Crippen molar-refractivity contribution in [1.82, 2.24) is 5.32 Å². The van der Waals surface area contributed by atoms with Gasteiger partial charge in [0.15, 0.2) is 0 Å². The van der Waals surface area contributed by atoms with Gasteiger partial charge in [0.2, 0.25) is 5.91 Å². The van der Waals surface area contributed by atoms with E-state index < -0.39 is 11.4 Å². The van der Waals surface area contributed by atoms with Gasteiger partial charge in [-0.05, 0) is 50.8 Å². The summed E-state index contributed by atoms with van der Waals surface area (Å²) >= 11 is 0. The second-order valence-electron chi connectivity index (χ2n) is 6.27. The second-order valence-corrected chi connectivity index (χ2v) is 6.27. The van der Waals surface area contributed by atoms with Gasteiger partial charge in [0.05, 0.1) is 11.3 Å². The van der Waals surface area contributed by atoms with Crippen molar-refractivity contribution in [2.45, 2.75) is 44.6 Å². The van der Waals surface area contributed by atoms with Gasteiger partial charge in [-0.1, -0.05) is 12.1 Å². The standard InChI is InChI=1S/C16H22N2O3/c1-16(2,11-4-6-12(17)7-5-11)15(21)18-13-8-3-10(9-13)14(19)20/h4-7,10,13H,3,8-9,17H2,1-2H3,(H,18,21)(H,19,20)/t10-,13+/m1/s1. The first kappa shape index (κ1) is 15.4. The van der Waals surface area contributed by atoms with Crippen molar-refractivity contribution in [3.8, 4) is 0 Å². The minimum atomic E-state index is -0.774. The monoisotopic (exact) mass is 290 g/mol. The van der Waals surface area contributed by atoms with E-state index in [1.807, 2.05) is 26.0 Å². The first-order chi connectivity index (χ1) is 9.80. The third kappa shape index (κ3) is 3.35. The molecule has 0 radical (unpaired) electrons. The van der Waals surface area contributed by atoms with E-state index in [0.29, 0.717) is 18.5 Å². The van der Waals surface area contributed by atoms with Gasteiger partial charge in [-0.2, -0.15) is 0 Å². The lowest BCUT2D eigenvalue weighted by Crippen LogP contribution is -2.44. The molecule has 5 heteroatoms. The number of amides is 1. The van der Waals surface area contributed by atoms with Crippen molar-refractivity contribution in [3.63, 3.8) is 0 Å². The molecule has 0 heterocycles. The summed E-state index contributed by atoms with van der Waals surface area (Å²) in [5, 5.41) is 12.0. The van der Waals surface area contributed by atoms with Gasteiger partial charge in [0, 0.05) is 11.7 Å². The minimum Gasteiger partial charge on any atom is -0.481 e. The van der Waals surface area contributed by atoms with E-state index in [2.05, 4.69) is 5.32 Å². The van der Waals surface area contributed by atoms with E-state index in [-0.39, 0.29) is 17.9 Å². The molecule has 0 bridgehead atoms. The first-order valence-electron chi connectivity index (χ1n) is 7.20. The number of carboxylic acids is 1. The molecule has 1 fully saturated rings. The number of aliphatic carboxylic acids is 1. The number of rotatable bonds is 4. The third-order valence-electron chi connectivity index (χ3n) is 4.32. The predicted octanol–water partition coefficient (Wildman–Crippen LogP) is 1.92. The average Bonchev–Trinajstić information content (AvgIpc) is 2.88. The molecule has 2 atom stereocenters. The Kier molecular flexibility index (Phi) is 4.21. The van der Waals surface area contributed by atoms with Crippen LogP contribution in [0, 0.1) is 5.92 Å². The number of carbonyl (C=O) groups is 2. The number of anilines is 1. The molecule has 114 valence electrons. The third-order valence-corrected chi connectivity index (χ3v) is 4.32. The van der Waals surface area contributed by atoms with Crippen molar-refractivity contribution in [2.75, 3.05) is 5.73 Å². The fraction of sp³-hybridized carbons (Fsp3) is 0.500. The summed E-state index contributed by atoms with van der Waals surface area (Å²) in [7, 11) is 0. The summed E-state index contributed by atoms with van der Waals surface area (Å²) in [6.45, 7) is 3.72. The normalized spacial score (nSPS) is 22.0. The van der Waals surface area contributed by atoms with Gasteiger partial charge in [-0.3, -0.25) is 9.59 Å². The molecular formula is C16H22N2O3. The number of nitrogens with one attached hydrogen (secondary N) is 1. The molecular weight excluding hydrogens is 268 g/mol. The Labute approximate surface area is 124 Å². The van der Waals surface area contributed by atoms with Gasteiger partial charge in [0.1, 0.15) is 0 Å². The van der Waals surface area contributed by atoms with E-state index in [1.54, 1.807) is 12.1 Å². The lowest BCUT2D eigenvalue weighted by Gasteiger charge is -2.26. The molecule has 4 N–H and O–H groups in total. The van der Waals surface area contributed by atoms with Crippen LogP contribution in [-0.4, -0.2) is 23.0 Å². The smallest absolute Gasteiger partial charge is 0.306 e. The number of nitrogen functional groups attached to an aromatic ring is 1. The average molecular weight is 290 g/mol. The quantitative estimate of drug-likeness (QED) is 0.739. The molecule has 2 rings (SSSR count). The molecule has 1 aromatic carbocycles. The Hall–Kier alpha value is -2.04. The molecule has 1 saturated carbocycles. The van der Waals surface area contributed by atoms with Crippen LogP contribution in [0.5, 0.6) is 0 Å². The van der Waals surface area contributed by atoms with Crippen molar-refractivity contribution < 1.29 is 14.7 Å². The van der Waals surface area contributed by atoms with Crippen LogP contribution in [0.25, 0.3) is 0 Å². The first-order valence-corrected chi connectivity index (χ1v) is 7.20. The zero-order valence-corrected chi connectivity index (χ0v) is 12.4. The van der Waals surface area contributed by atoms with Gasteiger partial charge in [0.25, 0.3) is 0 Å². The molecule has 1 aliphatic carbocycles. The minimum absolute atomic E-state index is 0.0494. The molecule has 1 aromatic rings. The van der Waals surface area contributed by atoms with Gasteiger partial charge < -0.3 is 16.2 Å². The number of carbonyl (C=O) groups excluding carboxylic acids is 1. The highest BCUT2D eigenvalue weighted by atomic mass is 16.4. The lowest BCUT2D eigenvalue weighted by atomic mass is 9.83. The van der Waals surface area contributed by atoms with Gasteiger partial charge in [-0.25, -0.2) is 0 Å². The number of benzene rings is 1. The Balaban J connectivity index is 2.02. The zero-order chi connectivity index (χ0) is 15.6. The SMILES string of the molecule is CC(C)(C(=O)N[C@H]1CC[C@@H](C(=O)O)C1)c1ccc(N)cc1. The summed E-state index contributed by atoms with van der Waals surface area (Å²) < 4.78 is 0. The van der Waals surface area contributed by atoms with E-state index in [0.717, 1.165) is 12.0 Å². The van der Waals surface area contributed by atoms with Gasteiger partial charge in [-0.15, -0.1) is 0 Å². The summed E-state index contributed by atoms with van der Waals surface area (Å²) in [4.78, 5) is 23.5. The van der Waals surface area contributed by atoms with Crippen LogP contribution >= 0.6 is 0 Å². The summed E-state index contributed by atoms with van der Waals surface area (Å²) in [6.07, 6.45) is 1.86. The number of carboxylic acid groups (broad SMARTS) is 1. The number of hydrogen-bond acceptors (Lipinski definition) is 3. The number of hydrogen-bond donors (Lipinski definition) is 3. The van der Waals surface area contributed by atoms with E-state index in [9.17, 15) is 9.59 Å². The maximum Gasteiger partial charge on any atom is 0.306 e. The van der Waals surface area contributed by atoms with Crippen LogP contribution in [0.4, 0.5) is 5.69 Å². The zero-order valence-electron chi connectivity index (χ0n) is 12.4. The van der Waals surface area contributed by atoms with Crippen LogP contribution in [0.15, 0.2) is 24.3 Å². The summed E-state index contributed by atoms with van der Waals surface area (Å²) in [5.41, 5.74) is 6.55. The Morgan fingerprint density at radius 3 is 2.38 bits per heavy atom. The Morgan fingerprint density at radius 1 is 1.24 bits per heavy atom. The number of nitrogens with two attached hydrogens (primary N) is 1. The molecule has 0 aliphatic heterocycles. The van der Waals surface area contributed by atoms with Crippen LogP contribution in [-0.2, 0) is 15.0 Å². The van der Waals surface area contributed by atoms with Crippen molar-refractivity contribution in [3.05, 3.63) is 29.8 Å². The molecule has 0 aromatic heterocycles. The fourth-order valence-electron chi connectivity index (χ4n) is 2.73. The Bertz CT molecular complexity index is 537. The molecule has 1 amide bonds. The summed E-state index contributed by atoms with van der Waals surface area (Å²) in [6, 6.07) is 7.21. The predicted molar refractivity (Wildman–Crippen MR) is 80.8 cm³/mol. The highest BCUT2D eigenvalue weighted by molar-refractivity contribution is 5.87. The molecule has 0 saturated heterocycles. The topological polar surface area (TPSA) is 92.4 Å². The summed E-state index contributed by atoms with van der Waals surface area (Å²) in [5.74, 6) is -1.19. The highest BCUT2D eigenvalue weighted by Gasteiger charge is 2.35. The van der Waals surface area contributed by atoms with E-state index in [1.165, 1.54) is 0 Å².